The quantitative estimate of drug-likeness (QED) is 0.766. The second kappa shape index (κ2) is 4.68. The van der Waals surface area contributed by atoms with Gasteiger partial charge in [0, 0.05) is 25.7 Å². The molecule has 1 unspecified atom stereocenters. The van der Waals surface area contributed by atoms with Crippen molar-refractivity contribution in [1.29, 1.82) is 0 Å². The number of piperazine rings is 1. The molecule has 3 rings (SSSR count). The minimum absolute atomic E-state index is 0.0414. The Kier molecular flexibility index (Phi) is 2.98. The first-order chi connectivity index (χ1) is 9.54. The molecule has 2 aliphatic rings. The fourth-order valence-corrected chi connectivity index (χ4v) is 2.69. The number of nitrogens with zero attached hydrogens (tertiary/aromatic N) is 2. The van der Waals surface area contributed by atoms with Crippen LogP contribution in [0.5, 0.6) is 5.75 Å². The summed E-state index contributed by atoms with van der Waals surface area (Å²) in [7, 11) is 2.00. The van der Waals surface area contributed by atoms with Gasteiger partial charge >= 0.3 is 6.09 Å². The van der Waals surface area contributed by atoms with Crippen molar-refractivity contribution in [1.82, 2.24) is 4.90 Å². The molecule has 2 heterocycles. The van der Waals surface area contributed by atoms with Crippen molar-refractivity contribution >= 4 is 23.4 Å². The maximum atomic E-state index is 12.2. The molecular formula is C13H16N4O3. The van der Waals surface area contributed by atoms with Crippen molar-refractivity contribution in [3.8, 4) is 5.75 Å². The number of likely N-dealkylation sites (N-methyl/N-ethyl adjacent to an activating group) is 1. The highest BCUT2D eigenvalue weighted by molar-refractivity contribution is 6.04. The molecule has 2 aliphatic heterocycles. The SMILES string of the molecule is CN1CCN2c3ccc(OC(N)=O)cc3NC(=O)C2C1. The molecule has 1 saturated heterocycles. The largest absolute Gasteiger partial charge is 0.410 e. The molecule has 0 aliphatic carbocycles. The lowest BCUT2D eigenvalue weighted by Gasteiger charge is -2.44. The van der Waals surface area contributed by atoms with Gasteiger partial charge in [0.2, 0.25) is 5.91 Å². The second-order valence-corrected chi connectivity index (χ2v) is 5.06. The molecule has 1 atom stereocenters. The summed E-state index contributed by atoms with van der Waals surface area (Å²) in [6, 6.07) is 4.96. The topological polar surface area (TPSA) is 87.9 Å². The number of carbonyl (C=O) groups is 2. The smallest absolute Gasteiger partial charge is 0.409 e. The summed E-state index contributed by atoms with van der Waals surface area (Å²) >= 11 is 0. The Hall–Kier alpha value is -2.28. The lowest BCUT2D eigenvalue weighted by molar-refractivity contribution is -0.118. The van der Waals surface area contributed by atoms with Crippen LogP contribution >= 0.6 is 0 Å². The number of nitrogens with one attached hydrogen (secondary N) is 1. The molecule has 1 aromatic carbocycles. The van der Waals surface area contributed by atoms with Crippen molar-refractivity contribution < 1.29 is 14.3 Å². The van der Waals surface area contributed by atoms with E-state index in [1.807, 2.05) is 13.1 Å². The van der Waals surface area contributed by atoms with Crippen molar-refractivity contribution in [2.45, 2.75) is 6.04 Å². The first kappa shape index (κ1) is 12.7. The van der Waals surface area contributed by atoms with Gasteiger partial charge in [0.25, 0.3) is 0 Å². The number of nitrogens with two attached hydrogens (primary N) is 1. The maximum absolute atomic E-state index is 12.2. The average molecular weight is 276 g/mol. The van der Waals surface area contributed by atoms with Crippen molar-refractivity contribution in [3.63, 3.8) is 0 Å². The number of rotatable bonds is 1. The number of ether oxygens (including phenoxy) is 1. The number of hydrogen-bond donors (Lipinski definition) is 2. The van der Waals surface area contributed by atoms with Gasteiger partial charge in [-0.3, -0.25) is 4.79 Å². The number of amides is 2. The Labute approximate surface area is 116 Å². The van der Waals surface area contributed by atoms with Gasteiger partial charge in [-0.25, -0.2) is 4.79 Å². The van der Waals surface area contributed by atoms with Gasteiger partial charge in [0.05, 0.1) is 11.4 Å². The highest BCUT2D eigenvalue weighted by Gasteiger charge is 2.36. The third-order valence-corrected chi connectivity index (χ3v) is 3.64. The van der Waals surface area contributed by atoms with Crippen LogP contribution in [0.3, 0.4) is 0 Å². The summed E-state index contributed by atoms with van der Waals surface area (Å²) in [5.41, 5.74) is 6.58. The minimum Gasteiger partial charge on any atom is -0.410 e. The molecule has 20 heavy (non-hydrogen) atoms. The Balaban J connectivity index is 1.93. The maximum Gasteiger partial charge on any atom is 0.409 e. The monoisotopic (exact) mass is 276 g/mol. The lowest BCUT2D eigenvalue weighted by atomic mass is 10.0. The average Bonchev–Trinajstić information content (AvgIpc) is 2.38. The van der Waals surface area contributed by atoms with Crippen LogP contribution in [0.15, 0.2) is 18.2 Å². The number of benzene rings is 1. The summed E-state index contributed by atoms with van der Waals surface area (Å²) in [5.74, 6) is 0.282. The molecule has 2 amide bonds. The highest BCUT2D eigenvalue weighted by atomic mass is 16.5. The second-order valence-electron chi connectivity index (χ2n) is 5.06. The van der Waals surface area contributed by atoms with E-state index in [4.69, 9.17) is 10.5 Å². The summed E-state index contributed by atoms with van der Waals surface area (Å²) in [6.45, 7) is 2.39. The van der Waals surface area contributed by atoms with Crippen LogP contribution < -0.4 is 20.7 Å². The van der Waals surface area contributed by atoms with E-state index in [2.05, 4.69) is 15.1 Å². The van der Waals surface area contributed by atoms with Crippen LogP contribution in [0.25, 0.3) is 0 Å². The van der Waals surface area contributed by atoms with Crippen LogP contribution in [0.2, 0.25) is 0 Å². The Bertz CT molecular complexity index is 575. The van der Waals surface area contributed by atoms with Gasteiger partial charge in [-0.05, 0) is 19.2 Å². The summed E-state index contributed by atoms with van der Waals surface area (Å²) in [6.07, 6.45) is -0.871. The van der Waals surface area contributed by atoms with Gasteiger partial charge < -0.3 is 25.6 Å². The van der Waals surface area contributed by atoms with Gasteiger partial charge in [0.1, 0.15) is 11.8 Å². The Morgan fingerprint density at radius 3 is 3.00 bits per heavy atom. The van der Waals surface area contributed by atoms with Crippen LogP contribution in [0.1, 0.15) is 0 Å². The van der Waals surface area contributed by atoms with Crippen molar-refractivity contribution in [3.05, 3.63) is 18.2 Å². The van der Waals surface area contributed by atoms with E-state index in [1.165, 1.54) is 0 Å². The molecule has 1 aromatic rings. The first-order valence-corrected chi connectivity index (χ1v) is 6.42. The molecule has 0 radical (unpaired) electrons. The molecule has 0 saturated carbocycles. The normalized spacial score (nSPS) is 21.8. The molecule has 0 spiro atoms. The van der Waals surface area contributed by atoms with Gasteiger partial charge in [-0.15, -0.1) is 0 Å². The van der Waals surface area contributed by atoms with Gasteiger partial charge in [-0.1, -0.05) is 0 Å². The van der Waals surface area contributed by atoms with E-state index >= 15 is 0 Å². The predicted molar refractivity (Wildman–Crippen MR) is 73.9 cm³/mol. The Morgan fingerprint density at radius 2 is 2.25 bits per heavy atom. The third-order valence-electron chi connectivity index (χ3n) is 3.64. The van der Waals surface area contributed by atoms with Crippen LogP contribution in [0, 0.1) is 0 Å². The van der Waals surface area contributed by atoms with Gasteiger partial charge in [-0.2, -0.15) is 0 Å². The summed E-state index contributed by atoms with van der Waals surface area (Å²) in [4.78, 5) is 27.1. The van der Waals surface area contributed by atoms with Crippen molar-refractivity contribution in [2.75, 3.05) is 36.9 Å². The molecule has 106 valence electrons. The number of hydrogen-bond acceptors (Lipinski definition) is 5. The highest BCUT2D eigenvalue weighted by Crippen LogP contribution is 2.36. The molecule has 1 fully saturated rings. The van der Waals surface area contributed by atoms with E-state index in [0.29, 0.717) is 18.0 Å². The van der Waals surface area contributed by atoms with Crippen LogP contribution in [-0.2, 0) is 4.79 Å². The molecular weight excluding hydrogens is 260 g/mol. The zero-order valence-electron chi connectivity index (χ0n) is 11.1. The van der Waals surface area contributed by atoms with Crippen molar-refractivity contribution in [2.24, 2.45) is 5.73 Å². The number of primary amides is 1. The molecule has 3 N–H and O–H groups in total. The Morgan fingerprint density at radius 1 is 1.45 bits per heavy atom. The van der Waals surface area contributed by atoms with Gasteiger partial charge in [0.15, 0.2) is 0 Å². The minimum atomic E-state index is -0.871. The van der Waals surface area contributed by atoms with Crippen LogP contribution in [0.4, 0.5) is 16.2 Å². The van der Waals surface area contributed by atoms with E-state index in [-0.39, 0.29) is 11.9 Å². The standard InChI is InChI=1S/C13H16N4O3/c1-16-4-5-17-10-3-2-8(20-13(14)19)6-9(10)15-12(18)11(17)7-16/h2-3,6,11H,4-5,7H2,1H3,(H2,14,19)(H,15,18). The van der Waals surface area contributed by atoms with E-state index in [9.17, 15) is 9.59 Å². The zero-order chi connectivity index (χ0) is 14.3. The molecule has 0 bridgehead atoms. The predicted octanol–water partition coefficient (Wildman–Crippen LogP) is 0.217. The zero-order valence-corrected chi connectivity index (χ0v) is 11.1. The first-order valence-electron chi connectivity index (χ1n) is 6.42. The molecule has 7 heteroatoms. The molecule has 7 nitrogen and oxygen atoms in total. The molecule has 0 aromatic heterocycles. The lowest BCUT2D eigenvalue weighted by Crippen LogP contribution is -2.59. The van der Waals surface area contributed by atoms with Crippen LogP contribution in [-0.4, -0.2) is 49.6 Å². The fourth-order valence-electron chi connectivity index (χ4n) is 2.69. The van der Waals surface area contributed by atoms with E-state index in [0.717, 1.165) is 18.8 Å². The number of fused-ring (bicyclic) bond motifs is 3. The number of carbonyl (C=O) groups excluding carboxylic acids is 2. The van der Waals surface area contributed by atoms with E-state index < -0.39 is 6.09 Å². The fraction of sp³-hybridized carbons (Fsp3) is 0.385. The summed E-state index contributed by atoms with van der Waals surface area (Å²) < 4.78 is 4.83. The van der Waals surface area contributed by atoms with E-state index in [1.54, 1.807) is 12.1 Å². The number of anilines is 2. The summed E-state index contributed by atoms with van der Waals surface area (Å²) in [5, 5.41) is 2.85. The third kappa shape index (κ3) is 2.16.